The van der Waals surface area contributed by atoms with Crippen molar-refractivity contribution in [2.45, 2.75) is 13.8 Å². The standard InChI is InChI=1S/C16H25ClNO2/c1-4-18(3,5-2)10-16(11-19-12-16)13-20-15-8-6-14(17)7-9-15/h6-9H,4-5,10-13H2,1-3H3/q+1. The average molecular weight is 299 g/mol. The van der Waals surface area contributed by atoms with Gasteiger partial charge in [-0.25, -0.2) is 0 Å². The number of quaternary nitrogens is 1. The fourth-order valence-corrected chi connectivity index (χ4v) is 2.76. The predicted molar refractivity (Wildman–Crippen MR) is 82.3 cm³/mol. The molecular weight excluding hydrogens is 274 g/mol. The Morgan fingerprint density at radius 2 is 1.80 bits per heavy atom. The molecule has 0 atom stereocenters. The molecule has 0 spiro atoms. The van der Waals surface area contributed by atoms with Crippen LogP contribution in [0.1, 0.15) is 13.8 Å². The van der Waals surface area contributed by atoms with Crippen LogP contribution in [-0.2, 0) is 4.74 Å². The smallest absolute Gasteiger partial charge is 0.119 e. The number of ether oxygens (including phenoxy) is 2. The highest BCUT2D eigenvalue weighted by Gasteiger charge is 2.45. The molecule has 1 aliphatic heterocycles. The molecule has 1 heterocycles. The first kappa shape index (κ1) is 15.6. The highest BCUT2D eigenvalue weighted by molar-refractivity contribution is 6.30. The Morgan fingerprint density at radius 3 is 2.25 bits per heavy atom. The molecule has 0 bridgehead atoms. The van der Waals surface area contributed by atoms with E-state index in [0.29, 0.717) is 6.61 Å². The van der Waals surface area contributed by atoms with E-state index in [-0.39, 0.29) is 5.41 Å². The molecule has 1 fully saturated rings. The fraction of sp³-hybridized carbons (Fsp3) is 0.625. The molecule has 112 valence electrons. The van der Waals surface area contributed by atoms with E-state index in [9.17, 15) is 0 Å². The monoisotopic (exact) mass is 298 g/mol. The van der Waals surface area contributed by atoms with Crippen LogP contribution in [0.4, 0.5) is 0 Å². The first-order valence-corrected chi connectivity index (χ1v) is 7.68. The molecule has 0 saturated carbocycles. The number of nitrogens with zero attached hydrogens (tertiary/aromatic N) is 1. The maximum atomic E-state index is 5.95. The topological polar surface area (TPSA) is 18.5 Å². The number of halogens is 1. The summed E-state index contributed by atoms with van der Waals surface area (Å²) in [6.07, 6.45) is 0. The molecule has 0 amide bonds. The fourth-order valence-electron chi connectivity index (χ4n) is 2.64. The van der Waals surface area contributed by atoms with Gasteiger partial charge in [0.15, 0.2) is 0 Å². The van der Waals surface area contributed by atoms with E-state index in [0.717, 1.165) is 48.1 Å². The van der Waals surface area contributed by atoms with Gasteiger partial charge < -0.3 is 14.0 Å². The van der Waals surface area contributed by atoms with Crippen molar-refractivity contribution in [1.29, 1.82) is 0 Å². The van der Waals surface area contributed by atoms with Gasteiger partial charge in [0, 0.05) is 5.02 Å². The SMILES string of the molecule is CC[N+](C)(CC)CC1(COc2ccc(Cl)cc2)COC1. The van der Waals surface area contributed by atoms with Gasteiger partial charge in [0.1, 0.15) is 12.4 Å². The summed E-state index contributed by atoms with van der Waals surface area (Å²) in [4.78, 5) is 0. The highest BCUT2D eigenvalue weighted by atomic mass is 35.5. The quantitative estimate of drug-likeness (QED) is 0.720. The summed E-state index contributed by atoms with van der Waals surface area (Å²) >= 11 is 5.89. The van der Waals surface area contributed by atoms with Crippen LogP contribution in [0.2, 0.25) is 5.02 Å². The van der Waals surface area contributed by atoms with E-state index < -0.39 is 0 Å². The van der Waals surface area contributed by atoms with Crippen molar-refractivity contribution in [3.8, 4) is 5.75 Å². The van der Waals surface area contributed by atoms with Crippen molar-refractivity contribution in [2.24, 2.45) is 5.41 Å². The highest BCUT2D eigenvalue weighted by Crippen LogP contribution is 2.32. The van der Waals surface area contributed by atoms with Crippen molar-refractivity contribution in [3.63, 3.8) is 0 Å². The number of hydrogen-bond donors (Lipinski definition) is 0. The Bertz CT molecular complexity index is 425. The van der Waals surface area contributed by atoms with Gasteiger partial charge in [-0.1, -0.05) is 11.6 Å². The second kappa shape index (κ2) is 6.33. The summed E-state index contributed by atoms with van der Waals surface area (Å²) in [6.45, 7) is 10.2. The van der Waals surface area contributed by atoms with Gasteiger partial charge in [0.25, 0.3) is 0 Å². The summed E-state index contributed by atoms with van der Waals surface area (Å²) in [7, 11) is 2.31. The molecule has 0 aromatic heterocycles. The third-order valence-electron chi connectivity index (χ3n) is 4.42. The van der Waals surface area contributed by atoms with Crippen LogP contribution in [-0.4, -0.2) is 51.0 Å². The van der Waals surface area contributed by atoms with Gasteiger partial charge in [0.05, 0.1) is 45.3 Å². The van der Waals surface area contributed by atoms with Crippen LogP contribution < -0.4 is 4.74 Å². The van der Waals surface area contributed by atoms with E-state index in [1.54, 1.807) is 0 Å². The Kier molecular flexibility index (Phi) is 4.95. The van der Waals surface area contributed by atoms with Gasteiger partial charge in [-0.3, -0.25) is 0 Å². The molecular formula is C16H25ClNO2+. The Balaban J connectivity index is 1.96. The molecule has 0 radical (unpaired) electrons. The van der Waals surface area contributed by atoms with Crippen LogP contribution >= 0.6 is 11.6 Å². The number of hydrogen-bond acceptors (Lipinski definition) is 2. The zero-order valence-corrected chi connectivity index (χ0v) is 13.4. The largest absolute Gasteiger partial charge is 0.493 e. The third-order valence-corrected chi connectivity index (χ3v) is 4.67. The molecule has 1 aromatic rings. The molecule has 0 N–H and O–H groups in total. The lowest BCUT2D eigenvalue weighted by Crippen LogP contribution is -2.60. The maximum Gasteiger partial charge on any atom is 0.119 e. The minimum atomic E-state index is 0.153. The zero-order valence-electron chi connectivity index (χ0n) is 12.7. The Morgan fingerprint density at radius 1 is 1.20 bits per heavy atom. The predicted octanol–water partition coefficient (Wildman–Crippen LogP) is 3.22. The lowest BCUT2D eigenvalue weighted by molar-refractivity contribution is -0.914. The lowest BCUT2D eigenvalue weighted by Gasteiger charge is -2.46. The van der Waals surface area contributed by atoms with Gasteiger partial charge in [-0.2, -0.15) is 0 Å². The van der Waals surface area contributed by atoms with E-state index in [2.05, 4.69) is 20.9 Å². The van der Waals surface area contributed by atoms with Crippen molar-refractivity contribution in [3.05, 3.63) is 29.3 Å². The number of benzene rings is 1. The summed E-state index contributed by atoms with van der Waals surface area (Å²) < 4.78 is 12.5. The second-order valence-electron chi connectivity index (χ2n) is 6.15. The molecule has 4 heteroatoms. The van der Waals surface area contributed by atoms with E-state index in [1.807, 2.05) is 24.3 Å². The Hall–Kier alpha value is -0.770. The minimum absolute atomic E-state index is 0.153. The van der Waals surface area contributed by atoms with Crippen LogP contribution in [0, 0.1) is 5.41 Å². The van der Waals surface area contributed by atoms with Crippen molar-refractivity contribution < 1.29 is 14.0 Å². The molecule has 0 unspecified atom stereocenters. The zero-order chi connectivity index (χ0) is 14.6. The van der Waals surface area contributed by atoms with Crippen molar-refractivity contribution in [2.75, 3.05) is 46.5 Å². The minimum Gasteiger partial charge on any atom is -0.493 e. The van der Waals surface area contributed by atoms with E-state index in [1.165, 1.54) is 0 Å². The van der Waals surface area contributed by atoms with Crippen LogP contribution in [0.3, 0.4) is 0 Å². The van der Waals surface area contributed by atoms with Gasteiger partial charge in [-0.05, 0) is 38.1 Å². The molecule has 1 aromatic carbocycles. The maximum absolute atomic E-state index is 5.95. The Labute approximate surface area is 127 Å². The third kappa shape index (κ3) is 3.66. The van der Waals surface area contributed by atoms with Gasteiger partial charge in [0.2, 0.25) is 0 Å². The first-order chi connectivity index (χ1) is 9.51. The second-order valence-corrected chi connectivity index (χ2v) is 6.58. The van der Waals surface area contributed by atoms with Gasteiger partial charge >= 0.3 is 0 Å². The van der Waals surface area contributed by atoms with Gasteiger partial charge in [-0.15, -0.1) is 0 Å². The van der Waals surface area contributed by atoms with Crippen molar-refractivity contribution in [1.82, 2.24) is 0 Å². The molecule has 0 aliphatic carbocycles. The lowest BCUT2D eigenvalue weighted by atomic mass is 9.85. The first-order valence-electron chi connectivity index (χ1n) is 7.30. The van der Waals surface area contributed by atoms with Crippen LogP contribution in [0.15, 0.2) is 24.3 Å². The van der Waals surface area contributed by atoms with Crippen LogP contribution in [0.5, 0.6) is 5.75 Å². The van der Waals surface area contributed by atoms with E-state index in [4.69, 9.17) is 21.1 Å². The van der Waals surface area contributed by atoms with E-state index >= 15 is 0 Å². The molecule has 20 heavy (non-hydrogen) atoms. The summed E-state index contributed by atoms with van der Waals surface area (Å²) in [5.41, 5.74) is 0.153. The molecule has 1 saturated heterocycles. The number of rotatable bonds is 7. The summed E-state index contributed by atoms with van der Waals surface area (Å²) in [6, 6.07) is 7.56. The summed E-state index contributed by atoms with van der Waals surface area (Å²) in [5, 5.41) is 0.736. The van der Waals surface area contributed by atoms with Crippen molar-refractivity contribution >= 4 is 11.6 Å². The molecule has 3 nitrogen and oxygen atoms in total. The normalized spacial score (nSPS) is 17.6. The molecule has 1 aliphatic rings. The molecule has 2 rings (SSSR count). The summed E-state index contributed by atoms with van der Waals surface area (Å²) in [5.74, 6) is 0.878. The van der Waals surface area contributed by atoms with Crippen LogP contribution in [0.25, 0.3) is 0 Å². The average Bonchev–Trinajstić information content (AvgIpc) is 2.43.